The Morgan fingerprint density at radius 1 is 1.26 bits per heavy atom. The number of nitrogens with two attached hydrogens (primary N) is 1. The minimum Gasteiger partial charge on any atom is -0.490 e. The zero-order valence-corrected chi connectivity index (χ0v) is 11.5. The molecule has 0 bridgehead atoms. The number of nitrogens with one attached hydrogen (secondary N) is 1. The Kier molecular flexibility index (Phi) is 4.41. The van der Waals surface area contributed by atoms with E-state index in [9.17, 15) is 0 Å². The van der Waals surface area contributed by atoms with E-state index in [1.54, 1.807) is 29.5 Å². The fourth-order valence-electron chi connectivity index (χ4n) is 1.60. The number of rotatable bonds is 6. The molecular formula is C14H16N2O2S. The second kappa shape index (κ2) is 6.24. The number of nitrogen functional groups attached to an aromatic ring is 1. The van der Waals surface area contributed by atoms with Gasteiger partial charge in [-0.2, -0.15) is 11.3 Å². The molecule has 19 heavy (non-hydrogen) atoms. The topological polar surface area (TPSA) is 68.3 Å². The highest BCUT2D eigenvalue weighted by Crippen LogP contribution is 2.29. The highest BCUT2D eigenvalue weighted by Gasteiger charge is 2.08. The van der Waals surface area contributed by atoms with Gasteiger partial charge in [-0.1, -0.05) is 0 Å². The van der Waals surface area contributed by atoms with Crippen LogP contribution >= 0.6 is 11.3 Å². The number of thiophene rings is 1. The molecule has 0 saturated carbocycles. The summed E-state index contributed by atoms with van der Waals surface area (Å²) in [5.41, 5.74) is 7.23. The Morgan fingerprint density at radius 3 is 2.74 bits per heavy atom. The SMILES string of the molecule is CCOc1cc(C(=N)N)ccc1OCc1ccsc1. The third-order valence-electron chi connectivity index (χ3n) is 2.53. The Labute approximate surface area is 116 Å². The van der Waals surface area contributed by atoms with E-state index in [1.165, 1.54) is 0 Å². The predicted molar refractivity (Wildman–Crippen MR) is 77.3 cm³/mol. The van der Waals surface area contributed by atoms with Crippen LogP contribution in [0.2, 0.25) is 0 Å². The molecule has 0 aliphatic carbocycles. The number of hydrogen-bond acceptors (Lipinski definition) is 4. The summed E-state index contributed by atoms with van der Waals surface area (Å²) in [5, 5.41) is 11.5. The van der Waals surface area contributed by atoms with Crippen molar-refractivity contribution in [1.29, 1.82) is 5.41 Å². The maximum atomic E-state index is 7.43. The first kappa shape index (κ1) is 13.4. The molecule has 1 heterocycles. The Bertz CT molecular complexity index is 553. The van der Waals surface area contributed by atoms with Gasteiger partial charge in [-0.15, -0.1) is 0 Å². The van der Waals surface area contributed by atoms with Gasteiger partial charge < -0.3 is 15.2 Å². The molecule has 0 fully saturated rings. The lowest BCUT2D eigenvalue weighted by molar-refractivity contribution is 0.269. The van der Waals surface area contributed by atoms with Crippen LogP contribution in [0.5, 0.6) is 11.5 Å². The molecule has 5 heteroatoms. The highest BCUT2D eigenvalue weighted by molar-refractivity contribution is 7.07. The monoisotopic (exact) mass is 276 g/mol. The van der Waals surface area contributed by atoms with E-state index in [0.29, 0.717) is 30.3 Å². The summed E-state index contributed by atoms with van der Waals surface area (Å²) < 4.78 is 11.3. The first-order chi connectivity index (χ1) is 9.20. The molecular weight excluding hydrogens is 260 g/mol. The van der Waals surface area contributed by atoms with Crippen LogP contribution in [-0.2, 0) is 6.61 Å². The van der Waals surface area contributed by atoms with E-state index in [0.717, 1.165) is 5.56 Å². The quantitative estimate of drug-likeness (QED) is 0.629. The van der Waals surface area contributed by atoms with Gasteiger partial charge in [0.05, 0.1) is 6.61 Å². The van der Waals surface area contributed by atoms with Crippen LogP contribution in [0.3, 0.4) is 0 Å². The molecule has 1 aromatic heterocycles. The van der Waals surface area contributed by atoms with E-state index in [4.69, 9.17) is 20.6 Å². The predicted octanol–water partition coefficient (Wildman–Crippen LogP) is 3.01. The molecule has 0 saturated heterocycles. The Balaban J connectivity index is 2.16. The lowest BCUT2D eigenvalue weighted by Crippen LogP contribution is -2.11. The normalized spacial score (nSPS) is 10.2. The van der Waals surface area contributed by atoms with E-state index >= 15 is 0 Å². The van der Waals surface area contributed by atoms with Gasteiger partial charge in [0.2, 0.25) is 0 Å². The van der Waals surface area contributed by atoms with Gasteiger partial charge in [0.1, 0.15) is 12.4 Å². The standard InChI is InChI=1S/C14H16N2O2S/c1-2-17-13-7-11(14(15)16)3-4-12(13)18-8-10-5-6-19-9-10/h3-7,9H,2,8H2,1H3,(H3,15,16). The van der Waals surface area contributed by atoms with Gasteiger partial charge in [0, 0.05) is 5.56 Å². The lowest BCUT2D eigenvalue weighted by Gasteiger charge is -2.12. The largest absolute Gasteiger partial charge is 0.490 e. The summed E-state index contributed by atoms with van der Waals surface area (Å²) in [4.78, 5) is 0. The van der Waals surface area contributed by atoms with Crippen LogP contribution in [0.15, 0.2) is 35.0 Å². The van der Waals surface area contributed by atoms with Crippen LogP contribution in [0.4, 0.5) is 0 Å². The van der Waals surface area contributed by atoms with Gasteiger partial charge in [0.15, 0.2) is 11.5 Å². The van der Waals surface area contributed by atoms with Crippen LogP contribution < -0.4 is 15.2 Å². The van der Waals surface area contributed by atoms with E-state index in [1.807, 2.05) is 23.8 Å². The summed E-state index contributed by atoms with van der Waals surface area (Å²) in [6.07, 6.45) is 0. The fraction of sp³-hybridized carbons (Fsp3) is 0.214. The van der Waals surface area contributed by atoms with Crippen molar-refractivity contribution in [2.45, 2.75) is 13.5 Å². The van der Waals surface area contributed by atoms with Gasteiger partial charge in [-0.05, 0) is 47.5 Å². The van der Waals surface area contributed by atoms with Crippen LogP contribution in [-0.4, -0.2) is 12.4 Å². The molecule has 0 aliphatic heterocycles. The molecule has 0 atom stereocenters. The van der Waals surface area contributed by atoms with Crippen molar-refractivity contribution in [1.82, 2.24) is 0 Å². The average Bonchev–Trinajstić information content (AvgIpc) is 2.90. The third-order valence-corrected chi connectivity index (χ3v) is 3.26. The van der Waals surface area contributed by atoms with Crippen molar-refractivity contribution in [2.75, 3.05) is 6.61 Å². The smallest absolute Gasteiger partial charge is 0.161 e. The van der Waals surface area contributed by atoms with Crippen molar-refractivity contribution < 1.29 is 9.47 Å². The van der Waals surface area contributed by atoms with Crippen LogP contribution in [0, 0.1) is 5.41 Å². The summed E-state index contributed by atoms with van der Waals surface area (Å²) in [5.74, 6) is 1.30. The van der Waals surface area contributed by atoms with Gasteiger partial charge in [0.25, 0.3) is 0 Å². The number of benzene rings is 1. The molecule has 3 N–H and O–H groups in total. The molecule has 0 aliphatic rings. The number of ether oxygens (including phenoxy) is 2. The third kappa shape index (κ3) is 3.48. The zero-order valence-electron chi connectivity index (χ0n) is 10.7. The van der Waals surface area contributed by atoms with Gasteiger partial charge in [-0.25, -0.2) is 0 Å². The molecule has 0 radical (unpaired) electrons. The van der Waals surface area contributed by atoms with Crippen LogP contribution in [0.25, 0.3) is 0 Å². The second-order valence-corrected chi connectivity index (χ2v) is 4.71. The maximum Gasteiger partial charge on any atom is 0.161 e. The van der Waals surface area contributed by atoms with E-state index in [-0.39, 0.29) is 5.84 Å². The zero-order chi connectivity index (χ0) is 13.7. The second-order valence-electron chi connectivity index (χ2n) is 3.93. The molecule has 1 aromatic carbocycles. The number of amidine groups is 1. The average molecular weight is 276 g/mol. The van der Waals surface area contributed by atoms with Crippen molar-refractivity contribution in [3.8, 4) is 11.5 Å². The molecule has 0 unspecified atom stereocenters. The van der Waals surface area contributed by atoms with Crippen molar-refractivity contribution in [2.24, 2.45) is 5.73 Å². The van der Waals surface area contributed by atoms with Crippen molar-refractivity contribution in [3.05, 3.63) is 46.2 Å². The first-order valence-electron chi connectivity index (χ1n) is 5.96. The summed E-state index contributed by atoms with van der Waals surface area (Å²) in [6, 6.07) is 7.30. The number of hydrogen-bond donors (Lipinski definition) is 2. The van der Waals surface area contributed by atoms with Gasteiger partial charge >= 0.3 is 0 Å². The summed E-state index contributed by atoms with van der Waals surface area (Å²) in [7, 11) is 0. The minimum atomic E-state index is 0.0188. The molecule has 0 amide bonds. The molecule has 0 spiro atoms. The molecule has 100 valence electrons. The van der Waals surface area contributed by atoms with E-state index < -0.39 is 0 Å². The molecule has 4 nitrogen and oxygen atoms in total. The summed E-state index contributed by atoms with van der Waals surface area (Å²) in [6.45, 7) is 2.95. The first-order valence-corrected chi connectivity index (χ1v) is 6.90. The molecule has 2 aromatic rings. The van der Waals surface area contributed by atoms with E-state index in [2.05, 4.69) is 0 Å². The fourth-order valence-corrected chi connectivity index (χ4v) is 2.25. The Morgan fingerprint density at radius 2 is 2.11 bits per heavy atom. The van der Waals surface area contributed by atoms with Crippen molar-refractivity contribution in [3.63, 3.8) is 0 Å². The minimum absolute atomic E-state index is 0.0188. The Hall–Kier alpha value is -2.01. The molecule has 2 rings (SSSR count). The lowest BCUT2D eigenvalue weighted by atomic mass is 10.2. The maximum absolute atomic E-state index is 7.43. The summed E-state index contributed by atoms with van der Waals surface area (Å²) >= 11 is 1.64. The van der Waals surface area contributed by atoms with Gasteiger partial charge in [-0.3, -0.25) is 5.41 Å². The van der Waals surface area contributed by atoms with Crippen LogP contribution in [0.1, 0.15) is 18.1 Å². The highest BCUT2D eigenvalue weighted by atomic mass is 32.1. The van der Waals surface area contributed by atoms with Crippen molar-refractivity contribution >= 4 is 17.2 Å².